The van der Waals surface area contributed by atoms with Gasteiger partial charge < -0.3 is 30.5 Å². The van der Waals surface area contributed by atoms with E-state index in [1.165, 1.54) is 47.4 Å². The fraction of sp³-hybridized carbons (Fsp3) is 0.659. The molecule has 55 heavy (non-hydrogen) atoms. The van der Waals surface area contributed by atoms with E-state index in [-0.39, 0.29) is 18.4 Å². The van der Waals surface area contributed by atoms with E-state index in [9.17, 15) is 24.0 Å². The zero-order valence-corrected chi connectivity index (χ0v) is 35.7. The Kier molecular flexibility index (Phi) is 31.0. The van der Waals surface area contributed by atoms with Crippen LogP contribution in [0.5, 0.6) is 0 Å². The van der Waals surface area contributed by atoms with Crippen LogP contribution in [0.4, 0.5) is 4.79 Å². The van der Waals surface area contributed by atoms with Crippen molar-refractivity contribution in [3.05, 3.63) is 47.0 Å². The summed E-state index contributed by atoms with van der Waals surface area (Å²) >= 11 is 1.52. The highest BCUT2D eigenvalue weighted by Crippen LogP contribution is 2.31. The molecule has 3 aliphatic rings. The Morgan fingerprint density at radius 3 is 2.07 bits per heavy atom. The third-order valence-corrected chi connectivity index (χ3v) is 8.59. The maximum atomic E-state index is 12.5. The molecule has 13 nitrogen and oxygen atoms in total. The fourth-order valence-electron chi connectivity index (χ4n) is 4.62. The Hall–Kier alpha value is -4.09. The van der Waals surface area contributed by atoms with Crippen LogP contribution in [-0.4, -0.2) is 87.8 Å². The molecular formula is C41H70N6O7S. The van der Waals surface area contributed by atoms with Gasteiger partial charge in [-0.25, -0.2) is 4.79 Å². The standard InChI is InChI=1S/C15H29N3O3.C10H8N2O2.C6H10.C4H7NOS.C4H10O.C2H6/c1-4-6-7-8-9-13(17-12-19)15(21)18(10-5-2)11-14(20)16-3;11-4-7-1-2-8-5-12(10(13)14)6-9(8)3-7;1-2-3-6-4-5-6;6-3-5-7-4-1-2-4;1-4(2,3)5;1-2/h12-13H,4-11H2,1-3H3,(H,16,20)(H,17,19);1-3H,5-6H2,(H,13,14);2-3,6H,4-5H2,1H3;3-4H,1-2H2,(H,5,6);5H,1-3H3;1-2H3/b;;3-2-;;;/t13-;;;;;/m0...../s1. The molecule has 0 spiro atoms. The lowest BCUT2D eigenvalue weighted by Gasteiger charge is -2.26. The van der Waals surface area contributed by atoms with E-state index in [4.69, 9.17) is 15.5 Å². The van der Waals surface area contributed by atoms with E-state index in [1.54, 1.807) is 40.0 Å². The van der Waals surface area contributed by atoms with E-state index in [0.717, 1.165) is 60.8 Å². The number of nitrogens with zero attached hydrogens (tertiary/aromatic N) is 3. The number of nitrogens with one attached hydrogen (secondary N) is 3. The van der Waals surface area contributed by atoms with Crippen molar-refractivity contribution in [1.29, 1.82) is 5.26 Å². The zero-order chi connectivity index (χ0) is 42.2. The first-order valence-electron chi connectivity index (χ1n) is 19.6. The van der Waals surface area contributed by atoms with Gasteiger partial charge in [-0.15, -0.1) is 0 Å². The number of hydrogen-bond donors (Lipinski definition) is 5. The zero-order valence-electron chi connectivity index (χ0n) is 34.9. The first-order chi connectivity index (χ1) is 26.2. The first kappa shape index (κ1) is 53.0. The summed E-state index contributed by atoms with van der Waals surface area (Å²) in [5, 5.41) is 31.8. The number of amides is 5. The minimum Gasteiger partial charge on any atom is -0.465 e. The number of carbonyl (C=O) groups excluding carboxylic acids is 4. The van der Waals surface area contributed by atoms with Crippen LogP contribution >= 0.6 is 11.9 Å². The molecule has 0 saturated heterocycles. The number of likely N-dealkylation sites (N-methyl/N-ethyl adjacent to an activating group) is 1. The number of allylic oxidation sites excluding steroid dienone is 2. The third-order valence-electron chi connectivity index (χ3n) is 7.55. The average Bonchev–Trinajstić information content (AvgIpc) is 4.10. The van der Waals surface area contributed by atoms with Crippen molar-refractivity contribution in [2.24, 2.45) is 5.92 Å². The average molecular weight is 791 g/mol. The summed E-state index contributed by atoms with van der Waals surface area (Å²) in [4.78, 5) is 57.8. The van der Waals surface area contributed by atoms with Gasteiger partial charge in [-0.2, -0.15) is 5.26 Å². The Morgan fingerprint density at radius 1 is 1.02 bits per heavy atom. The van der Waals surface area contributed by atoms with E-state index in [0.29, 0.717) is 38.0 Å². The van der Waals surface area contributed by atoms with Crippen molar-refractivity contribution in [1.82, 2.24) is 25.2 Å². The van der Waals surface area contributed by atoms with E-state index in [1.807, 2.05) is 32.9 Å². The number of fused-ring (bicyclic) bond motifs is 1. The van der Waals surface area contributed by atoms with E-state index in [2.05, 4.69) is 41.4 Å². The summed E-state index contributed by atoms with van der Waals surface area (Å²) in [6, 6.07) is 6.78. The predicted octanol–water partition coefficient (Wildman–Crippen LogP) is 6.93. The number of carbonyl (C=O) groups is 5. The maximum absolute atomic E-state index is 12.5. The van der Waals surface area contributed by atoms with Gasteiger partial charge in [-0.05, 0) is 107 Å². The molecule has 5 N–H and O–H groups in total. The Labute approximate surface area is 335 Å². The number of unbranched alkanes of at least 4 members (excludes halogenated alkanes) is 3. The van der Waals surface area contributed by atoms with E-state index >= 15 is 0 Å². The van der Waals surface area contributed by atoms with E-state index < -0.39 is 17.7 Å². The Balaban J connectivity index is 0. The van der Waals surface area contributed by atoms with Crippen LogP contribution in [0.15, 0.2) is 30.4 Å². The summed E-state index contributed by atoms with van der Waals surface area (Å²) in [6.07, 6.45) is 15.8. The molecule has 0 bridgehead atoms. The Bertz CT molecular complexity index is 1300. The van der Waals surface area contributed by atoms with Crippen molar-refractivity contribution < 1.29 is 34.2 Å². The molecule has 1 aromatic rings. The summed E-state index contributed by atoms with van der Waals surface area (Å²) in [7, 11) is 1.54. The van der Waals surface area contributed by atoms with Gasteiger partial charge in [0.25, 0.3) is 0 Å². The van der Waals surface area contributed by atoms with Crippen molar-refractivity contribution in [3.8, 4) is 6.07 Å². The van der Waals surface area contributed by atoms with Crippen molar-refractivity contribution in [3.63, 3.8) is 0 Å². The highest BCUT2D eigenvalue weighted by Gasteiger charge is 2.25. The van der Waals surface area contributed by atoms with Crippen LogP contribution in [0.2, 0.25) is 0 Å². The van der Waals surface area contributed by atoms with Crippen LogP contribution < -0.4 is 15.4 Å². The SMILES string of the molecule is C/C=C\C1CC1.CC.CC(C)(C)O.CCCCCC[C@H](NC=O)C(=O)N(CCC)CC(=O)NC.N#Cc1ccc2c(c1)CN(C(=O)O)C2.O=CNSC1CC1. The summed E-state index contributed by atoms with van der Waals surface area (Å²) in [6.45, 7) is 16.8. The molecule has 1 heterocycles. The molecule has 1 aromatic carbocycles. The van der Waals surface area contributed by atoms with Gasteiger partial charge in [0.15, 0.2) is 0 Å². The lowest BCUT2D eigenvalue weighted by atomic mass is 10.1. The topological polar surface area (TPSA) is 192 Å². The second-order valence-electron chi connectivity index (χ2n) is 13.9. The van der Waals surface area contributed by atoms with Gasteiger partial charge in [0.05, 0.1) is 23.8 Å². The molecule has 2 aliphatic carbocycles. The minimum absolute atomic E-state index is 0.0369. The number of benzene rings is 1. The monoisotopic (exact) mass is 791 g/mol. The maximum Gasteiger partial charge on any atom is 0.407 e. The van der Waals surface area contributed by atoms with Gasteiger partial charge in [0.1, 0.15) is 6.04 Å². The normalized spacial score (nSPS) is 13.9. The second kappa shape index (κ2) is 32.2. The number of hydrogen-bond acceptors (Lipinski definition) is 8. The molecule has 14 heteroatoms. The predicted molar refractivity (Wildman–Crippen MR) is 222 cm³/mol. The molecule has 5 amide bonds. The fourth-order valence-corrected chi connectivity index (χ4v) is 5.24. The van der Waals surface area contributed by atoms with Gasteiger partial charge in [-0.3, -0.25) is 24.1 Å². The smallest absolute Gasteiger partial charge is 0.407 e. The van der Waals surface area contributed by atoms with Crippen molar-refractivity contribution >= 4 is 42.7 Å². The molecule has 312 valence electrons. The van der Waals surface area contributed by atoms with Crippen LogP contribution in [-0.2, 0) is 32.3 Å². The summed E-state index contributed by atoms with van der Waals surface area (Å²) in [5.41, 5.74) is 2.01. The van der Waals surface area contributed by atoms with Gasteiger partial charge in [0, 0.05) is 31.9 Å². The minimum atomic E-state index is -0.917. The number of rotatable bonds is 16. The van der Waals surface area contributed by atoms with Gasteiger partial charge >= 0.3 is 6.09 Å². The van der Waals surface area contributed by atoms with Gasteiger partial charge in [0.2, 0.25) is 24.6 Å². The lowest BCUT2D eigenvalue weighted by Crippen LogP contribution is -2.49. The molecule has 1 aliphatic heterocycles. The highest BCUT2D eigenvalue weighted by molar-refractivity contribution is 7.98. The number of carboxylic acid groups (broad SMARTS) is 1. The Morgan fingerprint density at radius 2 is 1.64 bits per heavy atom. The van der Waals surface area contributed by atoms with Crippen LogP contribution in [0.3, 0.4) is 0 Å². The third kappa shape index (κ3) is 29.9. The lowest BCUT2D eigenvalue weighted by molar-refractivity contribution is -0.138. The number of aliphatic hydroxyl groups is 1. The molecule has 0 unspecified atom stereocenters. The molecule has 2 saturated carbocycles. The molecular weight excluding hydrogens is 721 g/mol. The van der Waals surface area contributed by atoms with Crippen LogP contribution in [0.1, 0.15) is 136 Å². The summed E-state index contributed by atoms with van der Waals surface area (Å²) in [5.74, 6) is 0.590. The van der Waals surface area contributed by atoms with Gasteiger partial charge in [-0.1, -0.05) is 71.6 Å². The quantitative estimate of drug-likeness (QED) is 0.0512. The number of nitriles is 1. The molecule has 0 aromatic heterocycles. The molecule has 1 atom stereocenters. The second-order valence-corrected chi connectivity index (χ2v) is 15.1. The van der Waals surface area contributed by atoms with Crippen molar-refractivity contribution in [2.45, 2.75) is 150 Å². The molecule has 4 rings (SSSR count). The molecule has 0 radical (unpaired) electrons. The largest absolute Gasteiger partial charge is 0.465 e. The van der Waals surface area contributed by atoms with Crippen LogP contribution in [0.25, 0.3) is 0 Å². The summed E-state index contributed by atoms with van der Waals surface area (Å²) < 4.78 is 2.55. The molecule has 2 fully saturated rings. The highest BCUT2D eigenvalue weighted by atomic mass is 32.2. The first-order valence-corrected chi connectivity index (χ1v) is 20.4. The van der Waals surface area contributed by atoms with Crippen LogP contribution in [0, 0.1) is 17.2 Å². The van der Waals surface area contributed by atoms with Crippen molar-refractivity contribution in [2.75, 3.05) is 20.1 Å².